The Morgan fingerprint density at radius 1 is 0.946 bits per heavy atom. The van der Waals surface area contributed by atoms with Crippen LogP contribution in [0.1, 0.15) is 43.2 Å². The monoisotopic (exact) mass is 527 g/mol. The summed E-state index contributed by atoms with van der Waals surface area (Å²) in [5.41, 5.74) is 2.94. The summed E-state index contributed by atoms with van der Waals surface area (Å²) in [4.78, 5) is 40.0. The predicted molar refractivity (Wildman–Crippen MR) is 142 cm³/mol. The highest BCUT2D eigenvalue weighted by Gasteiger charge is 2.25. The van der Waals surface area contributed by atoms with E-state index in [2.05, 4.69) is 10.6 Å². The molecule has 1 aliphatic heterocycles. The molecule has 198 valence electrons. The van der Waals surface area contributed by atoms with Gasteiger partial charge in [-0.15, -0.1) is 0 Å². The quantitative estimate of drug-likeness (QED) is 0.518. The lowest BCUT2D eigenvalue weighted by Gasteiger charge is -2.27. The standard InChI is InChI=1S/C27H33N3O6S/c1-18-8-10-22(19(2)12-18)30(14-25(31)28-20-6-4-3-5-7-20)27(33)16-37(34)15-26(32)29-21-9-11-23-24(13-21)36-17-35-23/h8-13,20H,3-7,14-17H2,1-2H3,(H,28,31)(H,29,32)/t37-/m0/s1. The van der Waals surface area contributed by atoms with Crippen LogP contribution in [0.2, 0.25) is 0 Å². The van der Waals surface area contributed by atoms with E-state index in [0.717, 1.165) is 36.8 Å². The van der Waals surface area contributed by atoms with Crippen LogP contribution in [-0.4, -0.2) is 52.8 Å². The Morgan fingerprint density at radius 3 is 2.46 bits per heavy atom. The molecule has 2 N–H and O–H groups in total. The van der Waals surface area contributed by atoms with Crippen LogP contribution in [0.4, 0.5) is 11.4 Å². The number of amides is 3. The second-order valence-electron chi connectivity index (χ2n) is 9.52. The van der Waals surface area contributed by atoms with Crippen LogP contribution in [-0.2, 0) is 25.2 Å². The molecule has 0 spiro atoms. The number of nitrogens with one attached hydrogen (secondary N) is 2. The highest BCUT2D eigenvalue weighted by Crippen LogP contribution is 2.34. The summed E-state index contributed by atoms with van der Waals surface area (Å²) in [5.74, 6) is -0.825. The fourth-order valence-corrected chi connectivity index (χ4v) is 5.56. The Balaban J connectivity index is 1.38. The van der Waals surface area contributed by atoms with E-state index in [1.54, 1.807) is 24.3 Å². The molecule has 0 aromatic heterocycles. The van der Waals surface area contributed by atoms with Crippen molar-refractivity contribution in [2.24, 2.45) is 0 Å². The summed E-state index contributed by atoms with van der Waals surface area (Å²) in [6.45, 7) is 3.78. The number of hydrogen-bond donors (Lipinski definition) is 2. The smallest absolute Gasteiger partial charge is 0.240 e. The molecular weight excluding hydrogens is 494 g/mol. The van der Waals surface area contributed by atoms with E-state index in [1.807, 2.05) is 26.0 Å². The lowest BCUT2D eigenvalue weighted by Crippen LogP contribution is -2.46. The molecule has 1 atom stereocenters. The Kier molecular flexibility index (Phi) is 8.81. The average Bonchev–Trinajstić information content (AvgIpc) is 3.31. The molecule has 1 fully saturated rings. The molecule has 0 unspecified atom stereocenters. The molecule has 9 nitrogen and oxygen atoms in total. The SMILES string of the molecule is Cc1ccc(N(CC(=O)NC2CCCCC2)C(=O)C[S@@](=O)CC(=O)Nc2ccc3c(c2)OCO3)c(C)c1. The van der Waals surface area contributed by atoms with Crippen LogP contribution < -0.4 is 25.0 Å². The largest absolute Gasteiger partial charge is 0.454 e. The van der Waals surface area contributed by atoms with Crippen molar-refractivity contribution in [3.05, 3.63) is 47.5 Å². The summed E-state index contributed by atoms with van der Waals surface area (Å²) in [5, 5.41) is 5.72. The Labute approximate surface area is 219 Å². The van der Waals surface area contributed by atoms with Gasteiger partial charge in [-0.3, -0.25) is 18.6 Å². The second-order valence-corrected chi connectivity index (χ2v) is 11.0. The molecule has 0 bridgehead atoms. The van der Waals surface area contributed by atoms with Gasteiger partial charge >= 0.3 is 0 Å². The summed E-state index contributed by atoms with van der Waals surface area (Å²) in [6.07, 6.45) is 5.21. The lowest BCUT2D eigenvalue weighted by atomic mass is 9.95. The zero-order chi connectivity index (χ0) is 26.4. The average molecular weight is 528 g/mol. The van der Waals surface area contributed by atoms with Crippen LogP contribution in [0.3, 0.4) is 0 Å². The first kappa shape index (κ1) is 26.7. The van der Waals surface area contributed by atoms with E-state index in [9.17, 15) is 18.6 Å². The van der Waals surface area contributed by atoms with Gasteiger partial charge in [0.1, 0.15) is 18.1 Å². The van der Waals surface area contributed by atoms with Gasteiger partial charge in [0, 0.05) is 34.3 Å². The molecular formula is C27H33N3O6S. The molecule has 3 amide bonds. The van der Waals surface area contributed by atoms with E-state index in [4.69, 9.17) is 9.47 Å². The third-order valence-corrected chi connectivity index (χ3v) is 7.60. The number of fused-ring (bicyclic) bond motifs is 1. The molecule has 0 radical (unpaired) electrons. The maximum atomic E-state index is 13.3. The second kappa shape index (κ2) is 12.2. The number of nitrogens with zero attached hydrogens (tertiary/aromatic N) is 1. The van der Waals surface area contributed by atoms with Gasteiger partial charge < -0.3 is 25.0 Å². The molecule has 2 aromatic carbocycles. The van der Waals surface area contributed by atoms with Gasteiger partial charge in [-0.2, -0.15) is 0 Å². The minimum atomic E-state index is -1.77. The number of benzene rings is 2. The molecule has 1 saturated carbocycles. The topological polar surface area (TPSA) is 114 Å². The van der Waals surface area contributed by atoms with Crippen molar-refractivity contribution in [1.29, 1.82) is 0 Å². The fourth-order valence-electron chi connectivity index (χ4n) is 4.66. The molecule has 0 saturated heterocycles. The van der Waals surface area contributed by atoms with Crippen molar-refractivity contribution < 1.29 is 28.1 Å². The van der Waals surface area contributed by atoms with Crippen molar-refractivity contribution in [1.82, 2.24) is 5.32 Å². The van der Waals surface area contributed by atoms with Crippen molar-refractivity contribution in [2.75, 3.05) is 35.1 Å². The zero-order valence-electron chi connectivity index (χ0n) is 21.2. The van der Waals surface area contributed by atoms with Crippen molar-refractivity contribution >= 4 is 39.9 Å². The Morgan fingerprint density at radius 2 is 1.70 bits per heavy atom. The Hall–Kier alpha value is -3.40. The van der Waals surface area contributed by atoms with Crippen molar-refractivity contribution in [3.8, 4) is 11.5 Å². The van der Waals surface area contributed by atoms with Gasteiger partial charge in [0.15, 0.2) is 11.5 Å². The van der Waals surface area contributed by atoms with Gasteiger partial charge in [-0.05, 0) is 50.5 Å². The summed E-state index contributed by atoms with van der Waals surface area (Å²) >= 11 is 0. The molecule has 37 heavy (non-hydrogen) atoms. The van der Waals surface area contributed by atoms with E-state index >= 15 is 0 Å². The summed E-state index contributed by atoms with van der Waals surface area (Å²) < 4.78 is 23.3. The summed E-state index contributed by atoms with van der Waals surface area (Å²) in [7, 11) is -1.77. The first-order valence-corrected chi connectivity index (χ1v) is 14.0. The maximum Gasteiger partial charge on any atom is 0.240 e. The van der Waals surface area contributed by atoms with Crippen LogP contribution in [0.25, 0.3) is 0 Å². The van der Waals surface area contributed by atoms with Crippen LogP contribution in [0.15, 0.2) is 36.4 Å². The maximum absolute atomic E-state index is 13.3. The zero-order valence-corrected chi connectivity index (χ0v) is 22.0. The van der Waals surface area contributed by atoms with Gasteiger partial charge in [0.2, 0.25) is 24.5 Å². The molecule has 1 heterocycles. The van der Waals surface area contributed by atoms with Gasteiger partial charge in [0.05, 0.1) is 0 Å². The van der Waals surface area contributed by atoms with E-state index in [1.165, 1.54) is 11.3 Å². The van der Waals surface area contributed by atoms with Crippen LogP contribution in [0.5, 0.6) is 11.5 Å². The number of carbonyl (C=O) groups is 3. The molecule has 2 aliphatic rings. The van der Waals surface area contributed by atoms with E-state index in [0.29, 0.717) is 22.9 Å². The number of anilines is 2. The number of carbonyl (C=O) groups excluding carboxylic acids is 3. The first-order chi connectivity index (χ1) is 17.8. The predicted octanol–water partition coefficient (Wildman–Crippen LogP) is 3.20. The molecule has 2 aromatic rings. The molecule has 1 aliphatic carbocycles. The minimum Gasteiger partial charge on any atom is -0.454 e. The van der Waals surface area contributed by atoms with Crippen molar-refractivity contribution in [3.63, 3.8) is 0 Å². The van der Waals surface area contributed by atoms with Crippen molar-refractivity contribution in [2.45, 2.75) is 52.0 Å². The molecule has 4 rings (SSSR count). The number of rotatable bonds is 9. The third-order valence-electron chi connectivity index (χ3n) is 6.45. The highest BCUT2D eigenvalue weighted by atomic mass is 32.2. The third kappa shape index (κ3) is 7.31. The fraction of sp³-hybridized carbons (Fsp3) is 0.444. The number of ether oxygens (including phenoxy) is 2. The number of hydrogen-bond acceptors (Lipinski definition) is 6. The Bertz CT molecular complexity index is 1190. The van der Waals surface area contributed by atoms with E-state index in [-0.39, 0.29) is 36.8 Å². The molecule has 10 heteroatoms. The first-order valence-electron chi connectivity index (χ1n) is 12.5. The van der Waals surface area contributed by atoms with Gasteiger partial charge in [0.25, 0.3) is 0 Å². The van der Waals surface area contributed by atoms with Crippen LogP contribution in [0, 0.1) is 13.8 Å². The lowest BCUT2D eigenvalue weighted by molar-refractivity contribution is -0.123. The van der Waals surface area contributed by atoms with Crippen LogP contribution >= 0.6 is 0 Å². The van der Waals surface area contributed by atoms with Gasteiger partial charge in [-0.1, -0.05) is 37.0 Å². The summed E-state index contributed by atoms with van der Waals surface area (Å²) in [6, 6.07) is 10.7. The normalized spacial score (nSPS) is 15.6. The number of aryl methyl sites for hydroxylation is 2. The van der Waals surface area contributed by atoms with Gasteiger partial charge in [-0.25, -0.2) is 0 Å². The highest BCUT2D eigenvalue weighted by molar-refractivity contribution is 7.86. The minimum absolute atomic E-state index is 0.117. The van der Waals surface area contributed by atoms with E-state index < -0.39 is 22.6 Å².